The molecule has 0 unspecified atom stereocenters. The number of rotatable bonds is 6. The summed E-state index contributed by atoms with van der Waals surface area (Å²) in [7, 11) is 0. The molecule has 12 heteroatoms. The number of carbonyl (C=O) groups excluding carboxylic acids is 1. The number of aliphatic hydroxyl groups is 1. The van der Waals surface area contributed by atoms with E-state index in [-0.39, 0.29) is 23.8 Å². The monoisotopic (exact) mass is 540 g/mol. The second-order valence-electron chi connectivity index (χ2n) is 10.8. The van der Waals surface area contributed by atoms with Crippen molar-refractivity contribution in [3.05, 3.63) is 82.9 Å². The Balaban J connectivity index is 1.05. The fraction of sp³-hybridized carbons (Fsp3) is 0.357. The van der Waals surface area contributed by atoms with Crippen LogP contribution in [0.25, 0.3) is 22.4 Å². The normalized spacial score (nSPS) is 17.0. The molecule has 0 atom stereocenters. The summed E-state index contributed by atoms with van der Waals surface area (Å²) in [5.41, 5.74) is 1.76. The van der Waals surface area contributed by atoms with Gasteiger partial charge in [-0.1, -0.05) is 0 Å². The van der Waals surface area contributed by atoms with Gasteiger partial charge in [0, 0.05) is 25.2 Å². The zero-order valence-corrected chi connectivity index (χ0v) is 22.0. The Labute approximate surface area is 228 Å². The van der Waals surface area contributed by atoms with Crippen molar-refractivity contribution in [2.75, 3.05) is 13.1 Å². The van der Waals surface area contributed by atoms with E-state index in [1.54, 1.807) is 20.5 Å². The Bertz CT molecular complexity index is 1770. The minimum absolute atomic E-state index is 0.0775. The number of aromatic nitrogens is 7. The van der Waals surface area contributed by atoms with Crippen molar-refractivity contribution in [1.82, 2.24) is 39.0 Å². The van der Waals surface area contributed by atoms with Crippen LogP contribution in [0.5, 0.6) is 0 Å². The number of oxazole rings is 1. The maximum atomic E-state index is 13.3. The Hall–Kier alpha value is -4.58. The van der Waals surface area contributed by atoms with Crippen molar-refractivity contribution in [3.8, 4) is 11.4 Å². The second kappa shape index (κ2) is 9.26. The van der Waals surface area contributed by atoms with Crippen LogP contribution >= 0.6 is 0 Å². The van der Waals surface area contributed by atoms with E-state index in [1.807, 2.05) is 37.4 Å². The predicted molar refractivity (Wildman–Crippen MR) is 144 cm³/mol. The molecule has 1 saturated carbocycles. The van der Waals surface area contributed by atoms with Crippen molar-refractivity contribution < 1.29 is 14.3 Å². The number of amides is 1. The molecule has 1 aliphatic carbocycles. The number of hydrogen-bond acceptors (Lipinski definition) is 8. The highest BCUT2D eigenvalue weighted by molar-refractivity contribution is 5.91. The largest absolute Gasteiger partial charge is 0.435 e. The predicted octanol–water partition coefficient (Wildman–Crippen LogP) is 2.61. The molecule has 1 amide bonds. The van der Waals surface area contributed by atoms with Gasteiger partial charge < -0.3 is 14.4 Å². The number of fused-ring (bicyclic) bond motifs is 1. The maximum Gasteiger partial charge on any atom is 0.291 e. The van der Waals surface area contributed by atoms with E-state index < -0.39 is 5.60 Å². The average Bonchev–Trinajstić information content (AvgIpc) is 3.33. The van der Waals surface area contributed by atoms with E-state index in [0.29, 0.717) is 48.8 Å². The SMILES string of the molecule is Cc1cnn(-c2ccc(-n3ncc4c(=O)n(CC5(O)CCN(C(=O)c6cnc(C7CC7)o6)CC5)cnc43)cc2)c1. The zero-order chi connectivity index (χ0) is 27.4. The molecule has 1 aromatic carbocycles. The minimum Gasteiger partial charge on any atom is -0.435 e. The van der Waals surface area contributed by atoms with Crippen molar-refractivity contribution in [3.63, 3.8) is 0 Å². The second-order valence-corrected chi connectivity index (χ2v) is 10.8. The third-order valence-corrected chi connectivity index (χ3v) is 7.73. The third kappa shape index (κ3) is 4.39. The molecule has 2 aliphatic rings. The lowest BCUT2D eigenvalue weighted by molar-refractivity contribution is -0.0304. The van der Waals surface area contributed by atoms with Crippen molar-refractivity contribution in [2.45, 2.75) is 50.7 Å². The van der Waals surface area contributed by atoms with Crippen molar-refractivity contribution in [1.29, 1.82) is 0 Å². The highest BCUT2D eigenvalue weighted by Gasteiger charge is 2.36. The van der Waals surface area contributed by atoms with Gasteiger partial charge in [0.1, 0.15) is 11.7 Å². The number of hydrogen-bond donors (Lipinski definition) is 1. The van der Waals surface area contributed by atoms with Gasteiger partial charge in [0.15, 0.2) is 11.5 Å². The molecule has 4 aromatic heterocycles. The van der Waals surface area contributed by atoms with E-state index >= 15 is 0 Å². The summed E-state index contributed by atoms with van der Waals surface area (Å²) < 4.78 is 10.5. The van der Waals surface area contributed by atoms with E-state index in [4.69, 9.17) is 4.42 Å². The zero-order valence-electron chi connectivity index (χ0n) is 22.0. The average molecular weight is 541 g/mol. The Kier molecular flexibility index (Phi) is 5.66. The van der Waals surface area contributed by atoms with E-state index in [9.17, 15) is 14.7 Å². The molecule has 12 nitrogen and oxygen atoms in total. The summed E-state index contributed by atoms with van der Waals surface area (Å²) >= 11 is 0. The molecule has 2 fully saturated rings. The van der Waals surface area contributed by atoms with Crippen molar-refractivity contribution >= 4 is 16.9 Å². The Morgan fingerprint density at radius 3 is 2.50 bits per heavy atom. The molecule has 0 radical (unpaired) electrons. The van der Waals surface area contributed by atoms with Crippen LogP contribution in [0.15, 0.2) is 64.6 Å². The van der Waals surface area contributed by atoms with Gasteiger partial charge in [0.2, 0.25) is 5.76 Å². The van der Waals surface area contributed by atoms with Crippen LogP contribution in [0.1, 0.15) is 53.6 Å². The summed E-state index contributed by atoms with van der Waals surface area (Å²) in [6.45, 7) is 2.77. The van der Waals surface area contributed by atoms with E-state index in [1.165, 1.54) is 23.3 Å². The molecule has 1 N–H and O–H groups in total. The topological polar surface area (TPSA) is 137 Å². The first-order valence-electron chi connectivity index (χ1n) is 13.4. The number of likely N-dealkylation sites (tertiary alicyclic amines) is 1. The fourth-order valence-corrected chi connectivity index (χ4v) is 5.21. The first-order chi connectivity index (χ1) is 19.4. The highest BCUT2D eigenvalue weighted by atomic mass is 16.4. The van der Waals surface area contributed by atoms with Gasteiger partial charge >= 0.3 is 0 Å². The quantitative estimate of drug-likeness (QED) is 0.347. The molecule has 40 heavy (non-hydrogen) atoms. The van der Waals surface area contributed by atoms with Gasteiger partial charge in [-0.25, -0.2) is 19.3 Å². The van der Waals surface area contributed by atoms with Crippen LogP contribution in [0.3, 0.4) is 0 Å². The standard InChI is InChI=1S/C28H28N8O4/c1-18-12-31-35(15-18)20-4-6-21(7-5-20)36-24-22(13-32-36)26(37)34(17-30-24)16-28(39)8-10-33(11-9-28)27(38)23-14-29-25(40-23)19-2-3-19/h4-7,12-15,17,19,39H,2-3,8-11,16H2,1H3. The summed E-state index contributed by atoms with van der Waals surface area (Å²) in [6, 6.07) is 7.65. The first kappa shape index (κ1) is 24.5. The van der Waals surface area contributed by atoms with Crippen LogP contribution < -0.4 is 5.56 Å². The Morgan fingerprint density at radius 2 is 1.80 bits per heavy atom. The van der Waals surface area contributed by atoms with Crippen LogP contribution in [0, 0.1) is 6.92 Å². The summed E-state index contributed by atoms with van der Waals surface area (Å²) in [5, 5.41) is 20.4. The van der Waals surface area contributed by atoms with Gasteiger partial charge in [0.05, 0.1) is 42.1 Å². The molecule has 204 valence electrons. The van der Waals surface area contributed by atoms with Gasteiger partial charge in [-0.2, -0.15) is 10.2 Å². The lowest BCUT2D eigenvalue weighted by atomic mass is 9.91. The first-order valence-corrected chi connectivity index (χ1v) is 13.4. The van der Waals surface area contributed by atoms with Gasteiger partial charge in [-0.15, -0.1) is 0 Å². The van der Waals surface area contributed by atoms with Gasteiger partial charge in [-0.05, 0) is 62.4 Å². The molecular formula is C28H28N8O4. The third-order valence-electron chi connectivity index (χ3n) is 7.73. The fourth-order valence-electron chi connectivity index (χ4n) is 5.21. The van der Waals surface area contributed by atoms with Crippen LogP contribution in [0.2, 0.25) is 0 Å². The number of aryl methyl sites for hydroxylation is 1. The summed E-state index contributed by atoms with van der Waals surface area (Å²) in [5.74, 6) is 0.981. The molecule has 0 spiro atoms. The molecule has 7 rings (SSSR count). The van der Waals surface area contributed by atoms with E-state index in [0.717, 1.165) is 29.8 Å². The molecule has 5 aromatic rings. The van der Waals surface area contributed by atoms with Crippen LogP contribution in [-0.4, -0.2) is 68.7 Å². The van der Waals surface area contributed by atoms with Crippen LogP contribution in [0.4, 0.5) is 0 Å². The summed E-state index contributed by atoms with van der Waals surface area (Å²) in [4.78, 5) is 36.6. The Morgan fingerprint density at radius 1 is 1.05 bits per heavy atom. The van der Waals surface area contributed by atoms with E-state index in [2.05, 4.69) is 20.2 Å². The number of piperidine rings is 1. The van der Waals surface area contributed by atoms with Crippen molar-refractivity contribution in [2.24, 2.45) is 0 Å². The molecular weight excluding hydrogens is 512 g/mol. The number of nitrogens with zero attached hydrogens (tertiary/aromatic N) is 8. The molecule has 5 heterocycles. The lowest BCUT2D eigenvalue weighted by Gasteiger charge is -2.38. The van der Waals surface area contributed by atoms with Crippen LogP contribution in [-0.2, 0) is 6.54 Å². The number of benzene rings is 1. The number of carbonyl (C=O) groups is 1. The van der Waals surface area contributed by atoms with Gasteiger partial charge in [0.25, 0.3) is 11.5 Å². The maximum absolute atomic E-state index is 13.3. The smallest absolute Gasteiger partial charge is 0.291 e. The van der Waals surface area contributed by atoms with Gasteiger partial charge in [-0.3, -0.25) is 14.2 Å². The highest BCUT2D eigenvalue weighted by Crippen LogP contribution is 2.39. The molecule has 1 saturated heterocycles. The molecule has 0 bridgehead atoms. The minimum atomic E-state index is -1.15. The lowest BCUT2D eigenvalue weighted by Crippen LogP contribution is -2.49. The molecule has 1 aliphatic heterocycles. The summed E-state index contributed by atoms with van der Waals surface area (Å²) in [6.07, 6.45) is 10.9.